The number of nitrogens with two attached hydrogens (primary N) is 1. The summed E-state index contributed by atoms with van der Waals surface area (Å²) in [6.07, 6.45) is 1.42. The number of nitrogens with one attached hydrogen (secondary N) is 1. The fourth-order valence-corrected chi connectivity index (χ4v) is 1.95. The van der Waals surface area contributed by atoms with Gasteiger partial charge in [0.2, 0.25) is 0 Å². The van der Waals surface area contributed by atoms with E-state index in [1.165, 1.54) is 6.26 Å². The predicted octanol–water partition coefficient (Wildman–Crippen LogP) is 1.02. The Morgan fingerprint density at radius 1 is 1.53 bits per heavy atom. The van der Waals surface area contributed by atoms with Gasteiger partial charge in [-0.2, -0.15) is 5.10 Å². The average molecular weight is 262 g/mol. The molecule has 0 atom stereocenters. The highest BCUT2D eigenvalue weighted by molar-refractivity contribution is 5.93. The van der Waals surface area contributed by atoms with Crippen molar-refractivity contribution >= 4 is 5.91 Å². The van der Waals surface area contributed by atoms with E-state index < -0.39 is 0 Å². The first-order chi connectivity index (χ1) is 9.02. The monoisotopic (exact) mass is 262 g/mol. The largest absolute Gasteiger partial charge is 0.467 e. The summed E-state index contributed by atoms with van der Waals surface area (Å²) in [6.45, 7) is 4.65. The van der Waals surface area contributed by atoms with E-state index in [1.807, 2.05) is 20.9 Å². The normalized spacial score (nSPS) is 10.7. The number of rotatable bonds is 4. The first-order valence-electron chi connectivity index (χ1n) is 6.07. The van der Waals surface area contributed by atoms with Gasteiger partial charge in [0, 0.05) is 24.8 Å². The van der Waals surface area contributed by atoms with Crippen molar-refractivity contribution in [1.82, 2.24) is 15.1 Å². The lowest BCUT2D eigenvalue weighted by atomic mass is 10.2. The molecule has 3 N–H and O–H groups in total. The average Bonchev–Trinajstić information content (AvgIpc) is 2.94. The molecule has 1 amide bonds. The molecule has 2 heterocycles. The minimum Gasteiger partial charge on any atom is -0.467 e. The van der Waals surface area contributed by atoms with Crippen LogP contribution in [0.5, 0.6) is 0 Å². The van der Waals surface area contributed by atoms with Gasteiger partial charge in [-0.25, -0.2) is 0 Å². The standard InChI is InChI=1S/C13H18N4O2/c1-8-12(9(2)17(3)16-8)6-15-13(18)10-4-11(5-14)19-7-10/h4,7H,5-6,14H2,1-3H3,(H,15,18). The number of hydrogen-bond donors (Lipinski definition) is 2. The van der Waals surface area contributed by atoms with Crippen molar-refractivity contribution in [2.24, 2.45) is 12.8 Å². The second-order valence-electron chi connectivity index (χ2n) is 4.46. The Bertz CT molecular complexity index is 598. The second-order valence-corrected chi connectivity index (χ2v) is 4.46. The van der Waals surface area contributed by atoms with Crippen molar-refractivity contribution in [2.45, 2.75) is 26.9 Å². The number of amides is 1. The maximum Gasteiger partial charge on any atom is 0.254 e. The van der Waals surface area contributed by atoms with Crippen molar-refractivity contribution < 1.29 is 9.21 Å². The lowest BCUT2D eigenvalue weighted by molar-refractivity contribution is 0.0950. The highest BCUT2D eigenvalue weighted by atomic mass is 16.3. The summed E-state index contributed by atoms with van der Waals surface area (Å²) >= 11 is 0. The minimum atomic E-state index is -0.175. The number of aryl methyl sites for hydroxylation is 2. The van der Waals surface area contributed by atoms with Crippen LogP contribution in [0.25, 0.3) is 0 Å². The Hall–Kier alpha value is -2.08. The highest BCUT2D eigenvalue weighted by Crippen LogP contribution is 2.12. The molecule has 0 bridgehead atoms. The van der Waals surface area contributed by atoms with E-state index in [9.17, 15) is 4.79 Å². The zero-order valence-corrected chi connectivity index (χ0v) is 11.4. The Balaban J connectivity index is 2.04. The van der Waals surface area contributed by atoms with Gasteiger partial charge in [0.1, 0.15) is 12.0 Å². The third-order valence-electron chi connectivity index (χ3n) is 3.20. The highest BCUT2D eigenvalue weighted by Gasteiger charge is 2.13. The molecule has 2 rings (SSSR count). The van der Waals surface area contributed by atoms with Gasteiger partial charge in [-0.15, -0.1) is 0 Å². The Morgan fingerprint density at radius 2 is 2.26 bits per heavy atom. The fourth-order valence-electron chi connectivity index (χ4n) is 1.95. The first-order valence-corrected chi connectivity index (χ1v) is 6.07. The van der Waals surface area contributed by atoms with Crippen molar-refractivity contribution in [3.8, 4) is 0 Å². The number of aromatic nitrogens is 2. The van der Waals surface area contributed by atoms with E-state index in [1.54, 1.807) is 10.7 Å². The summed E-state index contributed by atoms with van der Waals surface area (Å²) in [7, 11) is 1.89. The van der Waals surface area contributed by atoms with Gasteiger partial charge < -0.3 is 15.5 Å². The topological polar surface area (TPSA) is 86.1 Å². The molecule has 2 aromatic heterocycles. The summed E-state index contributed by atoms with van der Waals surface area (Å²) in [5.41, 5.74) is 8.94. The fraction of sp³-hybridized carbons (Fsp3) is 0.385. The van der Waals surface area contributed by atoms with E-state index in [0.717, 1.165) is 17.0 Å². The molecule has 0 radical (unpaired) electrons. The van der Waals surface area contributed by atoms with Crippen LogP contribution in [0.2, 0.25) is 0 Å². The Morgan fingerprint density at radius 3 is 2.79 bits per heavy atom. The SMILES string of the molecule is Cc1nn(C)c(C)c1CNC(=O)c1coc(CN)c1. The van der Waals surface area contributed by atoms with Crippen LogP contribution in [0, 0.1) is 13.8 Å². The van der Waals surface area contributed by atoms with Gasteiger partial charge in [-0.1, -0.05) is 0 Å². The molecule has 0 aliphatic carbocycles. The van der Waals surface area contributed by atoms with Gasteiger partial charge >= 0.3 is 0 Å². The predicted molar refractivity (Wildman–Crippen MR) is 70.5 cm³/mol. The Labute approximate surface area is 111 Å². The number of carbonyl (C=O) groups is 1. The van der Waals surface area contributed by atoms with Crippen LogP contribution in [0.3, 0.4) is 0 Å². The molecule has 2 aromatic rings. The molecular weight excluding hydrogens is 244 g/mol. The summed E-state index contributed by atoms with van der Waals surface area (Å²) in [5, 5.41) is 7.16. The lowest BCUT2D eigenvalue weighted by Gasteiger charge is -2.04. The number of carbonyl (C=O) groups excluding carboxylic acids is 1. The van der Waals surface area contributed by atoms with Gasteiger partial charge in [0.05, 0.1) is 17.8 Å². The van der Waals surface area contributed by atoms with Crippen LogP contribution in [-0.4, -0.2) is 15.7 Å². The minimum absolute atomic E-state index is 0.175. The third kappa shape index (κ3) is 2.68. The maximum absolute atomic E-state index is 11.9. The summed E-state index contributed by atoms with van der Waals surface area (Å²) in [6, 6.07) is 1.65. The number of nitrogens with zero attached hydrogens (tertiary/aromatic N) is 2. The van der Waals surface area contributed by atoms with E-state index in [0.29, 0.717) is 17.9 Å². The zero-order valence-electron chi connectivity index (χ0n) is 11.4. The molecule has 0 saturated heterocycles. The maximum atomic E-state index is 11.9. The first kappa shape index (κ1) is 13.4. The number of hydrogen-bond acceptors (Lipinski definition) is 4. The van der Waals surface area contributed by atoms with Gasteiger partial charge in [-0.05, 0) is 19.9 Å². The van der Waals surface area contributed by atoms with E-state index in [2.05, 4.69) is 10.4 Å². The van der Waals surface area contributed by atoms with E-state index in [-0.39, 0.29) is 12.5 Å². The molecule has 6 nitrogen and oxygen atoms in total. The molecular formula is C13H18N4O2. The molecule has 0 fully saturated rings. The Kier molecular flexibility index (Phi) is 3.71. The molecule has 0 unspecified atom stereocenters. The second kappa shape index (κ2) is 5.27. The molecule has 102 valence electrons. The molecule has 0 aromatic carbocycles. The van der Waals surface area contributed by atoms with Crippen LogP contribution in [0.4, 0.5) is 0 Å². The summed E-state index contributed by atoms with van der Waals surface area (Å²) in [4.78, 5) is 11.9. The quantitative estimate of drug-likeness (QED) is 0.861. The van der Waals surface area contributed by atoms with Gasteiger partial charge in [-0.3, -0.25) is 9.48 Å². The smallest absolute Gasteiger partial charge is 0.254 e. The van der Waals surface area contributed by atoms with Gasteiger partial charge in [0.15, 0.2) is 0 Å². The van der Waals surface area contributed by atoms with Crippen molar-refractivity contribution in [3.63, 3.8) is 0 Å². The lowest BCUT2D eigenvalue weighted by Crippen LogP contribution is -2.23. The van der Waals surface area contributed by atoms with Crippen LogP contribution in [-0.2, 0) is 20.1 Å². The molecule has 0 saturated carbocycles. The van der Waals surface area contributed by atoms with Crippen LogP contribution >= 0.6 is 0 Å². The summed E-state index contributed by atoms with van der Waals surface area (Å²) in [5.74, 6) is 0.421. The molecule has 19 heavy (non-hydrogen) atoms. The molecule has 0 aliphatic rings. The zero-order chi connectivity index (χ0) is 14.0. The third-order valence-corrected chi connectivity index (χ3v) is 3.20. The number of furan rings is 1. The van der Waals surface area contributed by atoms with Crippen molar-refractivity contribution in [1.29, 1.82) is 0 Å². The van der Waals surface area contributed by atoms with Crippen molar-refractivity contribution in [3.05, 3.63) is 40.6 Å². The van der Waals surface area contributed by atoms with Crippen LogP contribution in [0.1, 0.15) is 33.1 Å². The molecule has 0 aliphatic heterocycles. The van der Waals surface area contributed by atoms with E-state index >= 15 is 0 Å². The molecule has 0 spiro atoms. The molecule has 6 heteroatoms. The summed E-state index contributed by atoms with van der Waals surface area (Å²) < 4.78 is 6.94. The van der Waals surface area contributed by atoms with Crippen molar-refractivity contribution in [2.75, 3.05) is 0 Å². The van der Waals surface area contributed by atoms with E-state index in [4.69, 9.17) is 10.2 Å². The van der Waals surface area contributed by atoms with Gasteiger partial charge in [0.25, 0.3) is 5.91 Å². The van der Waals surface area contributed by atoms with Crippen LogP contribution < -0.4 is 11.1 Å². The van der Waals surface area contributed by atoms with Crippen LogP contribution in [0.15, 0.2) is 16.7 Å².